The van der Waals surface area contributed by atoms with Crippen LogP contribution in [0.15, 0.2) is 30.3 Å². The molecule has 0 aromatic heterocycles. The van der Waals surface area contributed by atoms with Gasteiger partial charge >= 0.3 is 5.97 Å². The lowest BCUT2D eigenvalue weighted by Crippen LogP contribution is -2.55. The first-order valence-electron chi connectivity index (χ1n) is 7.91. The molecule has 0 radical (unpaired) electrons. The van der Waals surface area contributed by atoms with Crippen LogP contribution >= 0.6 is 0 Å². The summed E-state index contributed by atoms with van der Waals surface area (Å²) in [5.74, 6) is -0.550. The normalized spacial score (nSPS) is 31.0. The third kappa shape index (κ3) is 4.11. The molecule has 0 spiro atoms. The summed E-state index contributed by atoms with van der Waals surface area (Å²) in [5, 5.41) is 2.82. The minimum atomic E-state index is -0.668. The van der Waals surface area contributed by atoms with Gasteiger partial charge in [-0.15, -0.1) is 0 Å². The van der Waals surface area contributed by atoms with Gasteiger partial charge in [-0.2, -0.15) is 0 Å². The maximum atomic E-state index is 11.4. The molecule has 1 amide bonds. The monoisotopic (exact) mass is 335 g/mol. The molecular weight excluding hydrogens is 314 g/mol. The molecule has 0 saturated carbocycles. The molecule has 2 aliphatic rings. The average Bonchev–Trinajstić information content (AvgIpc) is 3.34. The van der Waals surface area contributed by atoms with Crippen LogP contribution < -0.4 is 5.32 Å². The van der Waals surface area contributed by atoms with E-state index in [0.717, 1.165) is 5.56 Å². The highest BCUT2D eigenvalue weighted by Gasteiger charge is 2.58. The van der Waals surface area contributed by atoms with Gasteiger partial charge in [0.2, 0.25) is 5.91 Å². The van der Waals surface area contributed by atoms with Crippen molar-refractivity contribution >= 4 is 11.9 Å². The largest absolute Gasteiger partial charge is 0.463 e. The topological polar surface area (TPSA) is 86.4 Å². The van der Waals surface area contributed by atoms with E-state index in [1.807, 2.05) is 30.3 Å². The number of amides is 1. The Hall–Kier alpha value is -1.96. The van der Waals surface area contributed by atoms with Crippen LogP contribution in [0.5, 0.6) is 0 Å². The number of hydrogen-bond donors (Lipinski definition) is 1. The summed E-state index contributed by atoms with van der Waals surface area (Å²) in [6, 6.07) is 9.29. The van der Waals surface area contributed by atoms with Gasteiger partial charge in [0.15, 0.2) is 6.29 Å². The summed E-state index contributed by atoms with van der Waals surface area (Å²) in [6.45, 7) is 3.24. The summed E-state index contributed by atoms with van der Waals surface area (Å²) < 4.78 is 22.4. The number of esters is 1. The van der Waals surface area contributed by atoms with Gasteiger partial charge in [0, 0.05) is 13.8 Å². The maximum absolute atomic E-state index is 11.4. The van der Waals surface area contributed by atoms with E-state index in [1.54, 1.807) is 0 Å². The SMILES string of the molecule is CC(=O)N[C@@H]1[C@@H](OCc2ccccc2)O[C@@H](COC(C)=O)[C@@H]2O[C@H]12. The molecule has 1 aromatic carbocycles. The summed E-state index contributed by atoms with van der Waals surface area (Å²) in [5.41, 5.74) is 0.998. The van der Waals surface area contributed by atoms with Crippen LogP contribution in [0, 0.1) is 0 Å². The molecule has 1 aromatic rings. The van der Waals surface area contributed by atoms with Crippen LogP contribution in [0.25, 0.3) is 0 Å². The summed E-state index contributed by atoms with van der Waals surface area (Å²) >= 11 is 0. The minimum Gasteiger partial charge on any atom is -0.463 e. The highest BCUT2D eigenvalue weighted by molar-refractivity contribution is 5.73. The predicted octanol–water partition coefficient (Wildman–Crippen LogP) is 0.763. The van der Waals surface area contributed by atoms with E-state index in [2.05, 4.69) is 5.32 Å². The van der Waals surface area contributed by atoms with Crippen molar-refractivity contribution in [2.45, 2.75) is 51.1 Å². The highest BCUT2D eigenvalue weighted by atomic mass is 16.7. The fraction of sp³-hybridized carbons (Fsp3) is 0.529. The van der Waals surface area contributed by atoms with E-state index in [4.69, 9.17) is 18.9 Å². The lowest BCUT2D eigenvalue weighted by molar-refractivity contribution is -0.214. The quantitative estimate of drug-likeness (QED) is 0.610. The van der Waals surface area contributed by atoms with Gasteiger partial charge in [0.25, 0.3) is 0 Å². The molecule has 0 unspecified atom stereocenters. The summed E-state index contributed by atoms with van der Waals surface area (Å²) in [6.07, 6.45) is -1.45. The number of epoxide rings is 1. The van der Waals surface area contributed by atoms with Crippen molar-refractivity contribution in [1.29, 1.82) is 0 Å². The predicted molar refractivity (Wildman–Crippen MR) is 82.8 cm³/mol. The lowest BCUT2D eigenvalue weighted by Gasteiger charge is -2.33. The van der Waals surface area contributed by atoms with Crippen molar-refractivity contribution in [3.05, 3.63) is 35.9 Å². The van der Waals surface area contributed by atoms with Gasteiger partial charge in [-0.1, -0.05) is 30.3 Å². The standard InChI is InChI=1S/C17H21NO6/c1-10(19)18-14-16-15(24-16)13(9-21-11(2)20)23-17(14)22-8-12-6-4-3-5-7-12/h3-7,13-17H,8-9H2,1-2H3,(H,18,19)/t13-,14-,15-,16+,17-/m0/s1. The van der Waals surface area contributed by atoms with Crippen molar-refractivity contribution < 1.29 is 28.5 Å². The Kier molecular flexibility index (Phi) is 5.13. The van der Waals surface area contributed by atoms with E-state index in [9.17, 15) is 9.59 Å². The van der Waals surface area contributed by atoms with Crippen LogP contribution in [0.2, 0.25) is 0 Å². The maximum Gasteiger partial charge on any atom is 0.302 e. The molecule has 24 heavy (non-hydrogen) atoms. The molecule has 0 bridgehead atoms. The second-order valence-electron chi connectivity index (χ2n) is 5.93. The van der Waals surface area contributed by atoms with Gasteiger partial charge in [0.05, 0.1) is 6.61 Å². The van der Waals surface area contributed by atoms with E-state index in [-0.39, 0.29) is 36.7 Å². The number of carbonyl (C=O) groups excluding carboxylic acids is 2. The highest BCUT2D eigenvalue weighted by Crippen LogP contribution is 2.38. The number of fused-ring (bicyclic) bond motifs is 1. The first kappa shape index (κ1) is 16.9. The van der Waals surface area contributed by atoms with E-state index in [0.29, 0.717) is 6.61 Å². The number of benzene rings is 1. The van der Waals surface area contributed by atoms with Crippen molar-refractivity contribution in [3.63, 3.8) is 0 Å². The molecule has 7 heteroatoms. The zero-order chi connectivity index (χ0) is 17.1. The molecule has 2 fully saturated rings. The molecule has 2 aliphatic heterocycles. The van der Waals surface area contributed by atoms with E-state index < -0.39 is 12.4 Å². The first-order chi connectivity index (χ1) is 11.5. The van der Waals surface area contributed by atoms with Crippen LogP contribution in [0.1, 0.15) is 19.4 Å². The molecule has 2 heterocycles. The molecule has 7 nitrogen and oxygen atoms in total. The number of carbonyl (C=O) groups is 2. The Balaban J connectivity index is 1.64. The Morgan fingerprint density at radius 2 is 1.88 bits per heavy atom. The van der Waals surface area contributed by atoms with Gasteiger partial charge in [-0.05, 0) is 5.56 Å². The van der Waals surface area contributed by atoms with Crippen molar-refractivity contribution in [3.8, 4) is 0 Å². The fourth-order valence-electron chi connectivity index (χ4n) is 2.83. The Labute approximate surface area is 140 Å². The molecule has 5 atom stereocenters. The second kappa shape index (κ2) is 7.29. The Bertz CT molecular complexity index is 592. The van der Waals surface area contributed by atoms with Crippen LogP contribution in [0.3, 0.4) is 0 Å². The van der Waals surface area contributed by atoms with Crippen molar-refractivity contribution in [2.24, 2.45) is 0 Å². The van der Waals surface area contributed by atoms with Crippen LogP contribution in [-0.4, -0.2) is 49.1 Å². The van der Waals surface area contributed by atoms with Gasteiger partial charge < -0.3 is 24.3 Å². The average molecular weight is 335 g/mol. The molecule has 1 N–H and O–H groups in total. The molecule has 3 rings (SSSR count). The molecule has 2 saturated heterocycles. The summed E-state index contributed by atoms with van der Waals surface area (Å²) in [4.78, 5) is 22.4. The number of nitrogens with one attached hydrogen (secondary N) is 1. The van der Waals surface area contributed by atoms with E-state index in [1.165, 1.54) is 13.8 Å². The number of ether oxygens (including phenoxy) is 4. The van der Waals surface area contributed by atoms with Crippen LogP contribution in [0.4, 0.5) is 0 Å². The van der Waals surface area contributed by atoms with Gasteiger partial charge in [-0.25, -0.2) is 0 Å². The zero-order valence-corrected chi connectivity index (χ0v) is 13.6. The second-order valence-corrected chi connectivity index (χ2v) is 5.93. The number of hydrogen-bond acceptors (Lipinski definition) is 6. The number of rotatable bonds is 6. The molecular formula is C17H21NO6. The van der Waals surface area contributed by atoms with Crippen molar-refractivity contribution in [1.82, 2.24) is 5.32 Å². The third-order valence-electron chi connectivity index (χ3n) is 3.96. The van der Waals surface area contributed by atoms with Gasteiger partial charge in [0.1, 0.15) is 31.0 Å². The smallest absolute Gasteiger partial charge is 0.302 e. The van der Waals surface area contributed by atoms with E-state index >= 15 is 0 Å². The zero-order valence-electron chi connectivity index (χ0n) is 13.6. The van der Waals surface area contributed by atoms with Crippen LogP contribution in [-0.2, 0) is 35.1 Å². The molecule has 130 valence electrons. The molecule has 0 aliphatic carbocycles. The van der Waals surface area contributed by atoms with Gasteiger partial charge in [-0.3, -0.25) is 9.59 Å². The first-order valence-corrected chi connectivity index (χ1v) is 7.91. The minimum absolute atomic E-state index is 0.106. The van der Waals surface area contributed by atoms with Crippen molar-refractivity contribution in [2.75, 3.05) is 6.61 Å². The third-order valence-corrected chi connectivity index (χ3v) is 3.96. The summed E-state index contributed by atoms with van der Waals surface area (Å²) in [7, 11) is 0. The fourth-order valence-corrected chi connectivity index (χ4v) is 2.83. The lowest BCUT2D eigenvalue weighted by atomic mass is 10.0. The Morgan fingerprint density at radius 1 is 1.12 bits per heavy atom. The Morgan fingerprint density at radius 3 is 2.54 bits per heavy atom.